The molecule has 5 nitrogen and oxygen atoms in total. The SMILES string of the molecule is CCNC(=NCC1(N(C)C)CCOCC1)NC1CC=CC1. The van der Waals surface area contributed by atoms with Gasteiger partial charge in [-0.25, -0.2) is 0 Å². The lowest BCUT2D eigenvalue weighted by molar-refractivity contribution is -0.00255. The van der Waals surface area contributed by atoms with Crippen LogP contribution in [0.2, 0.25) is 0 Å². The van der Waals surface area contributed by atoms with Crippen molar-refractivity contribution in [2.24, 2.45) is 4.99 Å². The Morgan fingerprint density at radius 2 is 1.95 bits per heavy atom. The predicted molar refractivity (Wildman–Crippen MR) is 87.7 cm³/mol. The number of rotatable bonds is 5. The Kier molecular flexibility index (Phi) is 6.06. The molecule has 1 aliphatic carbocycles. The van der Waals surface area contributed by atoms with Gasteiger partial charge in [-0.05, 0) is 46.7 Å². The molecule has 5 heteroatoms. The topological polar surface area (TPSA) is 48.9 Å². The molecule has 0 aromatic heterocycles. The molecule has 120 valence electrons. The van der Waals surface area contributed by atoms with Crippen LogP contribution in [0.25, 0.3) is 0 Å². The highest BCUT2D eigenvalue weighted by molar-refractivity contribution is 5.80. The first-order chi connectivity index (χ1) is 10.2. The van der Waals surface area contributed by atoms with Crippen LogP contribution in [0.15, 0.2) is 17.1 Å². The third-order valence-corrected chi connectivity index (χ3v) is 4.60. The fraction of sp³-hybridized carbons (Fsp3) is 0.812. The second-order valence-electron chi connectivity index (χ2n) is 6.21. The lowest BCUT2D eigenvalue weighted by atomic mass is 9.89. The summed E-state index contributed by atoms with van der Waals surface area (Å²) in [6, 6.07) is 0.493. The van der Waals surface area contributed by atoms with Gasteiger partial charge in [0.2, 0.25) is 0 Å². The lowest BCUT2D eigenvalue weighted by Crippen LogP contribution is -2.52. The Morgan fingerprint density at radius 3 is 2.52 bits per heavy atom. The third kappa shape index (κ3) is 4.45. The molecule has 0 spiro atoms. The Hall–Kier alpha value is -1.07. The molecular formula is C16H30N4O. The second kappa shape index (κ2) is 7.80. The zero-order chi connectivity index (χ0) is 15.1. The van der Waals surface area contributed by atoms with Crippen molar-refractivity contribution in [2.75, 3.05) is 40.4 Å². The molecule has 0 radical (unpaired) electrons. The van der Waals surface area contributed by atoms with Gasteiger partial charge in [-0.15, -0.1) is 0 Å². The fourth-order valence-electron chi connectivity index (χ4n) is 2.97. The van der Waals surface area contributed by atoms with Gasteiger partial charge in [0.25, 0.3) is 0 Å². The summed E-state index contributed by atoms with van der Waals surface area (Å²) in [4.78, 5) is 7.18. The molecule has 2 rings (SSSR count). The molecule has 21 heavy (non-hydrogen) atoms. The summed E-state index contributed by atoms with van der Waals surface area (Å²) in [6.45, 7) is 5.50. The number of guanidine groups is 1. The highest BCUT2D eigenvalue weighted by Gasteiger charge is 2.34. The van der Waals surface area contributed by atoms with Crippen molar-refractivity contribution in [2.45, 2.75) is 44.2 Å². The fourth-order valence-corrected chi connectivity index (χ4v) is 2.97. The number of ether oxygens (including phenoxy) is 1. The Morgan fingerprint density at radius 1 is 1.29 bits per heavy atom. The maximum atomic E-state index is 5.52. The van der Waals surface area contributed by atoms with Gasteiger partial charge in [-0.2, -0.15) is 0 Å². The van der Waals surface area contributed by atoms with E-state index in [2.05, 4.69) is 48.7 Å². The number of likely N-dealkylation sites (N-methyl/N-ethyl adjacent to an activating group) is 1. The Balaban J connectivity index is 1.98. The van der Waals surface area contributed by atoms with E-state index in [0.717, 1.165) is 57.9 Å². The van der Waals surface area contributed by atoms with E-state index in [1.807, 2.05) is 0 Å². The number of hydrogen-bond acceptors (Lipinski definition) is 3. The average molecular weight is 294 g/mol. The second-order valence-corrected chi connectivity index (χ2v) is 6.21. The summed E-state index contributed by atoms with van der Waals surface area (Å²) in [5, 5.41) is 6.91. The largest absolute Gasteiger partial charge is 0.381 e. The van der Waals surface area contributed by atoms with Gasteiger partial charge in [0.05, 0.1) is 6.54 Å². The zero-order valence-electron chi connectivity index (χ0n) is 13.7. The maximum Gasteiger partial charge on any atom is 0.191 e. The van der Waals surface area contributed by atoms with Gasteiger partial charge < -0.3 is 20.3 Å². The average Bonchev–Trinajstić information content (AvgIpc) is 2.99. The molecule has 0 aromatic carbocycles. The van der Waals surface area contributed by atoms with Crippen molar-refractivity contribution in [1.29, 1.82) is 0 Å². The van der Waals surface area contributed by atoms with Crippen LogP contribution >= 0.6 is 0 Å². The number of nitrogens with one attached hydrogen (secondary N) is 2. The van der Waals surface area contributed by atoms with E-state index < -0.39 is 0 Å². The predicted octanol–water partition coefficient (Wildman–Crippen LogP) is 1.37. The molecule has 0 atom stereocenters. The number of aliphatic imine (C=N–C) groups is 1. The standard InChI is InChI=1S/C16H30N4O/c1-4-17-15(19-14-7-5-6-8-14)18-13-16(20(2)3)9-11-21-12-10-16/h5-6,14H,4,7-13H2,1-3H3,(H2,17,18,19). The monoisotopic (exact) mass is 294 g/mol. The van der Waals surface area contributed by atoms with E-state index in [-0.39, 0.29) is 5.54 Å². The minimum absolute atomic E-state index is 0.133. The van der Waals surface area contributed by atoms with Crippen molar-refractivity contribution >= 4 is 5.96 Å². The molecule has 1 aliphatic heterocycles. The van der Waals surface area contributed by atoms with Gasteiger partial charge in [-0.1, -0.05) is 12.2 Å². The molecule has 1 heterocycles. The van der Waals surface area contributed by atoms with Crippen LogP contribution in [0, 0.1) is 0 Å². The molecule has 1 fully saturated rings. The van der Waals surface area contributed by atoms with Crippen LogP contribution in [0.1, 0.15) is 32.6 Å². The highest BCUT2D eigenvalue weighted by Crippen LogP contribution is 2.26. The van der Waals surface area contributed by atoms with Gasteiger partial charge in [-0.3, -0.25) is 4.99 Å². The summed E-state index contributed by atoms with van der Waals surface area (Å²) in [5.41, 5.74) is 0.133. The molecule has 0 aromatic rings. The van der Waals surface area contributed by atoms with E-state index in [1.54, 1.807) is 0 Å². The van der Waals surface area contributed by atoms with Crippen molar-refractivity contribution < 1.29 is 4.74 Å². The first-order valence-corrected chi connectivity index (χ1v) is 8.11. The highest BCUT2D eigenvalue weighted by atomic mass is 16.5. The smallest absolute Gasteiger partial charge is 0.191 e. The molecule has 0 unspecified atom stereocenters. The van der Waals surface area contributed by atoms with E-state index in [0.29, 0.717) is 6.04 Å². The van der Waals surface area contributed by atoms with Crippen LogP contribution in [0.4, 0.5) is 0 Å². The summed E-state index contributed by atoms with van der Waals surface area (Å²) in [5.74, 6) is 0.943. The quantitative estimate of drug-likeness (QED) is 0.457. The van der Waals surface area contributed by atoms with E-state index >= 15 is 0 Å². The molecule has 1 saturated heterocycles. The maximum absolute atomic E-state index is 5.52. The molecule has 2 N–H and O–H groups in total. The lowest BCUT2D eigenvalue weighted by Gasteiger charge is -2.41. The summed E-state index contributed by atoms with van der Waals surface area (Å²) >= 11 is 0. The summed E-state index contributed by atoms with van der Waals surface area (Å²) in [7, 11) is 4.31. The molecule has 0 bridgehead atoms. The van der Waals surface area contributed by atoms with Gasteiger partial charge in [0.1, 0.15) is 0 Å². The number of hydrogen-bond donors (Lipinski definition) is 2. The van der Waals surface area contributed by atoms with Crippen molar-refractivity contribution in [3.05, 3.63) is 12.2 Å². The minimum Gasteiger partial charge on any atom is -0.381 e. The van der Waals surface area contributed by atoms with Crippen molar-refractivity contribution in [1.82, 2.24) is 15.5 Å². The first-order valence-electron chi connectivity index (χ1n) is 8.11. The van der Waals surface area contributed by atoms with Gasteiger partial charge in [0.15, 0.2) is 5.96 Å². The van der Waals surface area contributed by atoms with Crippen LogP contribution in [-0.4, -0.2) is 62.8 Å². The Bertz CT molecular complexity index is 364. The molecular weight excluding hydrogens is 264 g/mol. The van der Waals surface area contributed by atoms with E-state index in [9.17, 15) is 0 Å². The molecule has 2 aliphatic rings. The molecule has 0 amide bonds. The molecule has 0 saturated carbocycles. The summed E-state index contributed by atoms with van der Waals surface area (Å²) in [6.07, 6.45) is 8.76. The number of nitrogens with zero attached hydrogens (tertiary/aromatic N) is 2. The van der Waals surface area contributed by atoms with Gasteiger partial charge in [0, 0.05) is 31.3 Å². The van der Waals surface area contributed by atoms with E-state index in [1.165, 1.54) is 0 Å². The zero-order valence-corrected chi connectivity index (χ0v) is 13.7. The minimum atomic E-state index is 0.133. The Labute approximate surface area is 128 Å². The summed E-state index contributed by atoms with van der Waals surface area (Å²) < 4.78 is 5.52. The van der Waals surface area contributed by atoms with E-state index in [4.69, 9.17) is 9.73 Å². The first kappa shape index (κ1) is 16.3. The van der Waals surface area contributed by atoms with Crippen LogP contribution in [0.5, 0.6) is 0 Å². The van der Waals surface area contributed by atoms with Gasteiger partial charge >= 0.3 is 0 Å². The van der Waals surface area contributed by atoms with Crippen LogP contribution < -0.4 is 10.6 Å². The third-order valence-electron chi connectivity index (χ3n) is 4.60. The van der Waals surface area contributed by atoms with Crippen LogP contribution in [0.3, 0.4) is 0 Å². The van der Waals surface area contributed by atoms with Crippen molar-refractivity contribution in [3.63, 3.8) is 0 Å². The normalized spacial score (nSPS) is 22.8. The van der Waals surface area contributed by atoms with Crippen molar-refractivity contribution in [3.8, 4) is 0 Å². The van der Waals surface area contributed by atoms with Crippen LogP contribution in [-0.2, 0) is 4.74 Å².